The monoisotopic (exact) mass is 198 g/mol. The fraction of sp³-hybridized carbons (Fsp3) is 0.909. The molecule has 14 heavy (non-hydrogen) atoms. The molecule has 0 aromatic heterocycles. The van der Waals surface area contributed by atoms with Crippen molar-refractivity contribution in [3.8, 4) is 0 Å². The molecule has 3 heteroatoms. The second-order valence-corrected chi connectivity index (χ2v) is 4.41. The van der Waals surface area contributed by atoms with Crippen LogP contribution in [-0.2, 0) is 9.53 Å². The summed E-state index contributed by atoms with van der Waals surface area (Å²) in [5, 5.41) is 9.83. The van der Waals surface area contributed by atoms with E-state index in [-0.39, 0.29) is 17.9 Å². The maximum Gasteiger partial charge on any atom is 0.140 e. The summed E-state index contributed by atoms with van der Waals surface area (Å²) in [5.41, 5.74) is 0. The lowest BCUT2D eigenvalue weighted by Crippen LogP contribution is -2.40. The van der Waals surface area contributed by atoms with Crippen LogP contribution in [-0.4, -0.2) is 30.2 Å². The molecule has 0 amide bonds. The average Bonchev–Trinajstić information content (AvgIpc) is 2.20. The molecule has 1 saturated carbocycles. The highest BCUT2D eigenvalue weighted by Gasteiger charge is 2.36. The molecular formula is C11H18O3. The summed E-state index contributed by atoms with van der Waals surface area (Å²) in [6.45, 7) is 1.10. The molecule has 3 unspecified atom stereocenters. The van der Waals surface area contributed by atoms with Gasteiger partial charge < -0.3 is 9.84 Å². The van der Waals surface area contributed by atoms with Crippen molar-refractivity contribution in [2.45, 2.75) is 38.2 Å². The van der Waals surface area contributed by atoms with E-state index >= 15 is 0 Å². The van der Waals surface area contributed by atoms with Crippen molar-refractivity contribution >= 4 is 5.78 Å². The highest BCUT2D eigenvalue weighted by atomic mass is 16.5. The summed E-state index contributed by atoms with van der Waals surface area (Å²) in [6.07, 6.45) is 4.34. The molecule has 1 aliphatic heterocycles. The molecule has 1 heterocycles. The lowest BCUT2D eigenvalue weighted by molar-refractivity contribution is -0.137. The van der Waals surface area contributed by atoms with Gasteiger partial charge in [0.05, 0.1) is 19.3 Å². The topological polar surface area (TPSA) is 46.5 Å². The Morgan fingerprint density at radius 1 is 1.29 bits per heavy atom. The third-order valence-electron chi connectivity index (χ3n) is 3.50. The van der Waals surface area contributed by atoms with Crippen molar-refractivity contribution in [3.63, 3.8) is 0 Å². The number of aliphatic hydroxyl groups is 1. The van der Waals surface area contributed by atoms with Crippen molar-refractivity contribution in [1.29, 1.82) is 0 Å². The van der Waals surface area contributed by atoms with Crippen molar-refractivity contribution in [1.82, 2.24) is 0 Å². The van der Waals surface area contributed by atoms with Crippen LogP contribution in [0.1, 0.15) is 32.1 Å². The van der Waals surface area contributed by atoms with E-state index in [0.717, 1.165) is 25.7 Å². The van der Waals surface area contributed by atoms with Gasteiger partial charge in [-0.3, -0.25) is 4.79 Å². The van der Waals surface area contributed by atoms with E-state index in [4.69, 9.17) is 4.74 Å². The third kappa shape index (κ3) is 1.98. The molecular weight excluding hydrogens is 180 g/mol. The van der Waals surface area contributed by atoms with Gasteiger partial charge in [0.1, 0.15) is 5.78 Å². The van der Waals surface area contributed by atoms with Crippen LogP contribution in [0, 0.1) is 11.8 Å². The quantitative estimate of drug-likeness (QED) is 0.687. The van der Waals surface area contributed by atoms with Crippen LogP contribution in [0.5, 0.6) is 0 Å². The molecule has 80 valence electrons. The van der Waals surface area contributed by atoms with Gasteiger partial charge in [-0.2, -0.15) is 0 Å². The summed E-state index contributed by atoms with van der Waals surface area (Å²) in [7, 11) is 0. The molecule has 2 rings (SSSR count). The van der Waals surface area contributed by atoms with Gasteiger partial charge >= 0.3 is 0 Å². The Hall–Kier alpha value is -0.410. The van der Waals surface area contributed by atoms with Crippen LogP contribution < -0.4 is 0 Å². The standard InChI is InChI=1S/C11H18O3/c12-10-4-2-1-3-8(10)9-7-14-6-5-11(9)13/h8-10,12H,1-7H2. The van der Waals surface area contributed by atoms with Gasteiger partial charge in [-0.15, -0.1) is 0 Å². The number of carbonyl (C=O) groups excluding carboxylic acids is 1. The first kappa shape index (κ1) is 10.1. The van der Waals surface area contributed by atoms with E-state index in [9.17, 15) is 9.90 Å². The molecule has 0 bridgehead atoms. The van der Waals surface area contributed by atoms with Crippen LogP contribution in [0.3, 0.4) is 0 Å². The number of ether oxygens (including phenoxy) is 1. The number of Topliss-reactive ketones (excluding diaryl/α,β-unsaturated/α-hetero) is 1. The molecule has 3 atom stereocenters. The Bertz CT molecular complexity index is 215. The minimum absolute atomic E-state index is 0.0287. The van der Waals surface area contributed by atoms with Crippen molar-refractivity contribution in [2.24, 2.45) is 11.8 Å². The molecule has 3 nitrogen and oxygen atoms in total. The second kappa shape index (κ2) is 4.41. The first-order valence-electron chi connectivity index (χ1n) is 5.57. The summed E-state index contributed by atoms with van der Waals surface area (Å²) >= 11 is 0. The molecule has 0 spiro atoms. The zero-order valence-corrected chi connectivity index (χ0v) is 8.45. The number of hydrogen-bond acceptors (Lipinski definition) is 3. The van der Waals surface area contributed by atoms with Gasteiger partial charge in [0.25, 0.3) is 0 Å². The van der Waals surface area contributed by atoms with Crippen molar-refractivity contribution in [2.75, 3.05) is 13.2 Å². The van der Waals surface area contributed by atoms with E-state index < -0.39 is 0 Å². The van der Waals surface area contributed by atoms with Crippen molar-refractivity contribution in [3.05, 3.63) is 0 Å². The van der Waals surface area contributed by atoms with E-state index in [0.29, 0.717) is 25.4 Å². The molecule has 0 radical (unpaired) electrons. The predicted molar refractivity (Wildman–Crippen MR) is 51.9 cm³/mol. The SMILES string of the molecule is O=C1CCOCC1C1CCCCC1O. The van der Waals surface area contributed by atoms with Gasteiger partial charge in [0.2, 0.25) is 0 Å². The summed E-state index contributed by atoms with van der Waals surface area (Å²) in [4.78, 5) is 11.6. The predicted octanol–water partition coefficient (Wildman–Crippen LogP) is 1.14. The van der Waals surface area contributed by atoms with Crippen LogP contribution in [0.4, 0.5) is 0 Å². The van der Waals surface area contributed by atoms with Crippen LogP contribution in [0.15, 0.2) is 0 Å². The molecule has 1 aliphatic carbocycles. The molecule has 2 aliphatic rings. The summed E-state index contributed by atoms with van der Waals surface area (Å²) in [6, 6.07) is 0. The van der Waals surface area contributed by atoms with Crippen LogP contribution in [0.25, 0.3) is 0 Å². The van der Waals surface area contributed by atoms with Crippen LogP contribution >= 0.6 is 0 Å². The number of hydrogen-bond donors (Lipinski definition) is 1. The van der Waals surface area contributed by atoms with Gasteiger partial charge in [-0.05, 0) is 18.8 Å². The van der Waals surface area contributed by atoms with Gasteiger partial charge in [0.15, 0.2) is 0 Å². The number of rotatable bonds is 1. The second-order valence-electron chi connectivity index (χ2n) is 4.41. The van der Waals surface area contributed by atoms with Gasteiger partial charge in [0, 0.05) is 12.3 Å². The average molecular weight is 198 g/mol. The fourth-order valence-electron chi connectivity index (χ4n) is 2.63. The van der Waals surface area contributed by atoms with E-state index in [1.54, 1.807) is 0 Å². The van der Waals surface area contributed by atoms with Gasteiger partial charge in [-0.25, -0.2) is 0 Å². The minimum atomic E-state index is -0.278. The van der Waals surface area contributed by atoms with Crippen LogP contribution in [0.2, 0.25) is 0 Å². The zero-order chi connectivity index (χ0) is 9.97. The highest BCUT2D eigenvalue weighted by molar-refractivity contribution is 5.82. The molecule has 2 fully saturated rings. The first-order chi connectivity index (χ1) is 6.79. The minimum Gasteiger partial charge on any atom is -0.393 e. The summed E-state index contributed by atoms with van der Waals surface area (Å²) < 4.78 is 5.32. The first-order valence-corrected chi connectivity index (χ1v) is 5.57. The third-order valence-corrected chi connectivity index (χ3v) is 3.50. The maximum atomic E-state index is 11.6. The van der Waals surface area contributed by atoms with E-state index in [1.807, 2.05) is 0 Å². The normalized spacial score (nSPS) is 39.8. The Kier molecular flexibility index (Phi) is 3.19. The number of carbonyl (C=O) groups is 1. The number of ketones is 1. The molecule has 0 aromatic rings. The fourth-order valence-corrected chi connectivity index (χ4v) is 2.63. The molecule has 1 N–H and O–H groups in total. The highest BCUT2D eigenvalue weighted by Crippen LogP contribution is 2.32. The van der Waals surface area contributed by atoms with E-state index in [1.165, 1.54) is 0 Å². The molecule has 1 saturated heterocycles. The van der Waals surface area contributed by atoms with Gasteiger partial charge in [-0.1, -0.05) is 12.8 Å². The Balaban J connectivity index is 2.00. The maximum absolute atomic E-state index is 11.6. The number of aliphatic hydroxyl groups excluding tert-OH is 1. The lowest BCUT2D eigenvalue weighted by Gasteiger charge is -2.35. The summed E-state index contributed by atoms with van der Waals surface area (Å²) in [5.74, 6) is 0.429. The lowest BCUT2D eigenvalue weighted by atomic mass is 9.75. The largest absolute Gasteiger partial charge is 0.393 e. The Morgan fingerprint density at radius 3 is 2.79 bits per heavy atom. The van der Waals surface area contributed by atoms with E-state index in [2.05, 4.69) is 0 Å². The Morgan fingerprint density at radius 2 is 2.07 bits per heavy atom. The van der Waals surface area contributed by atoms with Crippen molar-refractivity contribution < 1.29 is 14.6 Å². The Labute approximate surface area is 84.4 Å². The molecule has 0 aromatic carbocycles. The zero-order valence-electron chi connectivity index (χ0n) is 8.45. The smallest absolute Gasteiger partial charge is 0.140 e.